The third-order valence-electron chi connectivity index (χ3n) is 4.96. The zero-order chi connectivity index (χ0) is 25.2. The Morgan fingerprint density at radius 1 is 0.941 bits per heavy atom. The molecule has 0 spiro atoms. The van der Waals surface area contributed by atoms with Gasteiger partial charge >= 0.3 is 13.9 Å². The Balaban J connectivity index is 1.88. The van der Waals surface area contributed by atoms with E-state index in [0.717, 1.165) is 24.2 Å². The van der Waals surface area contributed by atoms with Gasteiger partial charge in [-0.2, -0.15) is 0 Å². The lowest BCUT2D eigenvalue weighted by Crippen LogP contribution is -2.51. The summed E-state index contributed by atoms with van der Waals surface area (Å²) in [4.78, 5) is 30.5. The van der Waals surface area contributed by atoms with Crippen LogP contribution in [0.4, 0.5) is 4.79 Å². The van der Waals surface area contributed by atoms with Gasteiger partial charge in [-0.25, -0.2) is 9.36 Å². The molecule has 1 amide bonds. The minimum Gasteiger partial charge on any atom is -0.494 e. The molecule has 0 aliphatic rings. The monoisotopic (exact) mass is 493 g/mol. The molecule has 9 heteroatoms. The van der Waals surface area contributed by atoms with E-state index in [1.54, 1.807) is 27.7 Å². The van der Waals surface area contributed by atoms with Gasteiger partial charge in [-0.1, -0.05) is 42.5 Å². The van der Waals surface area contributed by atoms with Crippen LogP contribution in [0.15, 0.2) is 54.6 Å². The fourth-order valence-corrected chi connectivity index (χ4v) is 3.68. The molecule has 0 fully saturated rings. The summed E-state index contributed by atoms with van der Waals surface area (Å²) < 4.78 is 27.0. The van der Waals surface area contributed by atoms with Crippen LogP contribution in [0.1, 0.15) is 51.7 Å². The lowest BCUT2D eigenvalue weighted by atomic mass is 9.94. The van der Waals surface area contributed by atoms with Crippen LogP contribution in [0.25, 0.3) is 0 Å². The minimum absolute atomic E-state index is 0.362. The predicted octanol–water partition coefficient (Wildman–Crippen LogP) is 5.02. The number of aryl methyl sites for hydroxylation is 2. The van der Waals surface area contributed by atoms with E-state index in [1.165, 1.54) is 5.56 Å². The number of hydrogen-bond donors (Lipinski definition) is 3. The summed E-state index contributed by atoms with van der Waals surface area (Å²) in [5.41, 5.74) is 0.527. The summed E-state index contributed by atoms with van der Waals surface area (Å²) >= 11 is 0. The van der Waals surface area contributed by atoms with E-state index < -0.39 is 25.1 Å². The first kappa shape index (κ1) is 27.9. The average Bonchev–Trinajstić information content (AvgIpc) is 2.74. The number of alkyl carbamates (subject to hydrolysis) is 1. The molecule has 0 aliphatic carbocycles. The highest BCUT2D eigenvalue weighted by Crippen LogP contribution is 2.37. The van der Waals surface area contributed by atoms with Gasteiger partial charge in [-0.15, -0.1) is 0 Å². The number of amides is 1. The van der Waals surface area contributed by atoms with Gasteiger partial charge in [-0.3, -0.25) is 4.52 Å². The van der Waals surface area contributed by atoms with Crippen molar-refractivity contribution in [1.29, 1.82) is 0 Å². The van der Waals surface area contributed by atoms with Crippen molar-refractivity contribution in [2.24, 2.45) is 0 Å². The first-order valence-corrected chi connectivity index (χ1v) is 12.8. The number of phosphoric ester groups is 1. The van der Waals surface area contributed by atoms with Crippen LogP contribution in [-0.4, -0.2) is 40.2 Å². The largest absolute Gasteiger partial charge is 0.494 e. The number of hydrogen-bond acceptors (Lipinski definition) is 5. The van der Waals surface area contributed by atoms with E-state index in [1.807, 2.05) is 42.5 Å². The number of carbonyl (C=O) groups is 1. The van der Waals surface area contributed by atoms with Crippen LogP contribution in [0.2, 0.25) is 0 Å². The Bertz CT molecular complexity index is 938. The quantitative estimate of drug-likeness (QED) is 0.281. The number of ether oxygens (including phenoxy) is 2. The maximum absolute atomic E-state index is 12.3. The Hall–Kier alpha value is -2.38. The van der Waals surface area contributed by atoms with E-state index in [2.05, 4.69) is 17.4 Å². The molecule has 0 aromatic heterocycles. The van der Waals surface area contributed by atoms with Crippen LogP contribution < -0.4 is 10.1 Å². The van der Waals surface area contributed by atoms with E-state index in [9.17, 15) is 9.36 Å². The van der Waals surface area contributed by atoms with Crippen molar-refractivity contribution in [2.75, 3.05) is 13.2 Å². The Labute approximate surface area is 201 Å². The summed E-state index contributed by atoms with van der Waals surface area (Å²) in [5, 5.41) is 2.70. The number of carbonyl (C=O) groups excluding carboxylic acids is 1. The summed E-state index contributed by atoms with van der Waals surface area (Å²) in [6.07, 6.45) is 2.12. The molecule has 0 bridgehead atoms. The average molecular weight is 494 g/mol. The van der Waals surface area contributed by atoms with Gasteiger partial charge in [0, 0.05) is 0 Å². The molecule has 0 heterocycles. The van der Waals surface area contributed by atoms with E-state index in [0.29, 0.717) is 19.4 Å². The fraction of sp³-hybridized carbons (Fsp3) is 0.480. The van der Waals surface area contributed by atoms with Crippen LogP contribution >= 0.6 is 7.82 Å². The Kier molecular flexibility index (Phi) is 10.1. The van der Waals surface area contributed by atoms with E-state index >= 15 is 0 Å². The molecule has 0 aliphatic heterocycles. The van der Waals surface area contributed by atoms with E-state index in [-0.39, 0.29) is 6.61 Å². The van der Waals surface area contributed by atoms with Crippen molar-refractivity contribution < 1.29 is 33.1 Å². The molecule has 2 rings (SSSR count). The summed E-state index contributed by atoms with van der Waals surface area (Å²) in [5.74, 6) is 0.774. The van der Waals surface area contributed by atoms with Gasteiger partial charge in [0.05, 0.1) is 18.8 Å². The van der Waals surface area contributed by atoms with Crippen molar-refractivity contribution in [1.82, 2.24) is 5.32 Å². The van der Waals surface area contributed by atoms with Gasteiger partial charge in [0.2, 0.25) is 0 Å². The molecule has 1 atom stereocenters. The van der Waals surface area contributed by atoms with Gasteiger partial charge < -0.3 is 24.6 Å². The Morgan fingerprint density at radius 3 is 2.15 bits per heavy atom. The van der Waals surface area contributed by atoms with Crippen molar-refractivity contribution in [3.05, 3.63) is 65.7 Å². The van der Waals surface area contributed by atoms with Gasteiger partial charge in [0.1, 0.15) is 11.4 Å². The smallest absolute Gasteiger partial charge is 0.469 e. The molecule has 0 saturated heterocycles. The van der Waals surface area contributed by atoms with Crippen LogP contribution in [0.5, 0.6) is 5.75 Å². The Morgan fingerprint density at radius 2 is 1.56 bits per heavy atom. The number of rotatable bonds is 12. The SMILES string of the molecule is CC(CCc1ccc(OCCCc2ccccc2)cc1)(COP(=O)(O)O)NC(=O)OC(C)(C)C. The second-order valence-corrected chi connectivity index (χ2v) is 10.8. The second kappa shape index (κ2) is 12.4. The molecule has 0 radical (unpaired) electrons. The molecule has 2 aromatic rings. The zero-order valence-electron chi connectivity index (χ0n) is 20.3. The zero-order valence-corrected chi connectivity index (χ0v) is 21.2. The minimum atomic E-state index is -4.69. The number of phosphoric acid groups is 1. The maximum Gasteiger partial charge on any atom is 0.469 e. The molecule has 1 unspecified atom stereocenters. The van der Waals surface area contributed by atoms with Gasteiger partial charge in [-0.05, 0) is 76.6 Å². The lowest BCUT2D eigenvalue weighted by Gasteiger charge is -2.32. The van der Waals surface area contributed by atoms with Gasteiger partial charge in [0.15, 0.2) is 0 Å². The second-order valence-electron chi connectivity index (χ2n) is 9.53. The third kappa shape index (κ3) is 11.7. The highest BCUT2D eigenvalue weighted by Gasteiger charge is 2.32. The third-order valence-corrected chi connectivity index (χ3v) is 5.43. The molecule has 188 valence electrons. The van der Waals surface area contributed by atoms with Crippen LogP contribution in [0, 0.1) is 0 Å². The molecule has 34 heavy (non-hydrogen) atoms. The molecule has 2 aromatic carbocycles. The van der Waals surface area contributed by atoms with Crippen LogP contribution in [-0.2, 0) is 26.7 Å². The molecule has 0 saturated carbocycles. The summed E-state index contributed by atoms with van der Waals surface area (Å²) in [7, 11) is -4.69. The van der Waals surface area contributed by atoms with Crippen molar-refractivity contribution in [2.45, 2.75) is 64.5 Å². The predicted molar refractivity (Wildman–Crippen MR) is 131 cm³/mol. The molecule has 8 nitrogen and oxygen atoms in total. The molecule has 3 N–H and O–H groups in total. The first-order chi connectivity index (χ1) is 15.8. The van der Waals surface area contributed by atoms with Crippen LogP contribution in [0.3, 0.4) is 0 Å². The van der Waals surface area contributed by atoms with Gasteiger partial charge in [0.25, 0.3) is 0 Å². The number of benzene rings is 2. The summed E-state index contributed by atoms with van der Waals surface area (Å²) in [6.45, 7) is 7.13. The maximum atomic E-state index is 12.3. The molecular formula is C25H36NO7P. The van der Waals surface area contributed by atoms with Crippen molar-refractivity contribution in [3.8, 4) is 5.75 Å². The normalized spacial score (nSPS) is 13.7. The first-order valence-electron chi connectivity index (χ1n) is 11.3. The topological polar surface area (TPSA) is 114 Å². The van der Waals surface area contributed by atoms with Crippen molar-refractivity contribution in [3.63, 3.8) is 0 Å². The molecular weight excluding hydrogens is 457 g/mol. The highest BCUT2D eigenvalue weighted by atomic mass is 31.2. The highest BCUT2D eigenvalue weighted by molar-refractivity contribution is 7.46. The number of nitrogens with one attached hydrogen (secondary N) is 1. The fourth-order valence-electron chi connectivity index (χ4n) is 3.23. The van der Waals surface area contributed by atoms with E-state index in [4.69, 9.17) is 23.8 Å². The summed E-state index contributed by atoms with van der Waals surface area (Å²) in [6, 6.07) is 17.9. The standard InChI is InChI=1S/C25H36NO7P/c1-24(2,3)33-23(27)26-25(4,19-32-34(28,29)30)17-16-21-12-14-22(15-13-21)31-18-8-11-20-9-6-5-7-10-20/h5-7,9-10,12-15H,8,11,16-19H2,1-4H3,(H,26,27)(H2,28,29,30). The van der Waals surface area contributed by atoms with Crippen molar-refractivity contribution >= 4 is 13.9 Å². The lowest BCUT2D eigenvalue weighted by molar-refractivity contribution is 0.0399.